The summed E-state index contributed by atoms with van der Waals surface area (Å²) < 4.78 is 5.63. The number of aromatic nitrogens is 1. The van der Waals surface area contributed by atoms with Gasteiger partial charge in [-0.3, -0.25) is 4.98 Å². The maximum Gasteiger partial charge on any atom is 0.407 e. The summed E-state index contributed by atoms with van der Waals surface area (Å²) in [5, 5.41) is 2.93. The molecule has 0 bridgehead atoms. The van der Waals surface area contributed by atoms with Gasteiger partial charge in [-0.05, 0) is 40.3 Å². The molecule has 2 aromatic carbocycles. The summed E-state index contributed by atoms with van der Waals surface area (Å²) >= 11 is 0. The number of fused-ring (bicyclic) bond motifs is 3. The highest BCUT2D eigenvalue weighted by atomic mass is 16.5. The van der Waals surface area contributed by atoms with E-state index in [0.29, 0.717) is 13.0 Å². The SMILES string of the molecule is C=CC[C@@H](NC(=O)OCC1c2ccccc2-c2ccccc21)c1cccnc1. The van der Waals surface area contributed by atoms with Gasteiger partial charge in [0.05, 0.1) is 6.04 Å². The van der Waals surface area contributed by atoms with Gasteiger partial charge in [0.15, 0.2) is 0 Å². The van der Waals surface area contributed by atoms with E-state index in [0.717, 1.165) is 5.56 Å². The van der Waals surface area contributed by atoms with Crippen LogP contribution in [0.25, 0.3) is 11.1 Å². The summed E-state index contributed by atoms with van der Waals surface area (Å²) in [6.45, 7) is 4.08. The van der Waals surface area contributed by atoms with Crippen LogP contribution in [0.3, 0.4) is 0 Å². The fourth-order valence-electron chi connectivity index (χ4n) is 3.81. The molecule has 1 aliphatic rings. The van der Waals surface area contributed by atoms with Crippen LogP contribution in [0.4, 0.5) is 4.79 Å². The first-order valence-electron chi connectivity index (χ1n) is 9.40. The van der Waals surface area contributed by atoms with Gasteiger partial charge in [-0.15, -0.1) is 6.58 Å². The zero-order valence-electron chi connectivity index (χ0n) is 15.5. The van der Waals surface area contributed by atoms with Gasteiger partial charge in [-0.1, -0.05) is 60.7 Å². The molecule has 0 spiro atoms. The van der Waals surface area contributed by atoms with Crippen molar-refractivity contribution in [2.24, 2.45) is 0 Å². The van der Waals surface area contributed by atoms with E-state index in [-0.39, 0.29) is 12.0 Å². The van der Waals surface area contributed by atoms with E-state index in [1.165, 1.54) is 22.3 Å². The second kappa shape index (κ2) is 8.09. The first-order valence-corrected chi connectivity index (χ1v) is 9.40. The number of benzene rings is 2. The molecule has 4 nitrogen and oxygen atoms in total. The minimum absolute atomic E-state index is 0.0504. The average molecular weight is 370 g/mol. The second-order valence-corrected chi connectivity index (χ2v) is 6.83. The molecule has 4 rings (SSSR count). The Morgan fingerprint density at radius 3 is 2.36 bits per heavy atom. The molecular weight excluding hydrogens is 348 g/mol. The monoisotopic (exact) mass is 370 g/mol. The number of hydrogen-bond acceptors (Lipinski definition) is 3. The molecule has 140 valence electrons. The molecule has 3 aromatic rings. The van der Waals surface area contributed by atoms with Crippen LogP contribution in [0.15, 0.2) is 85.7 Å². The Bertz CT molecular complexity index is 939. The van der Waals surface area contributed by atoms with Crippen molar-refractivity contribution in [1.29, 1.82) is 0 Å². The zero-order valence-corrected chi connectivity index (χ0v) is 15.5. The summed E-state index contributed by atoms with van der Waals surface area (Å²) in [5.41, 5.74) is 5.76. The Balaban J connectivity index is 1.47. The first-order chi connectivity index (χ1) is 13.8. The third-order valence-electron chi connectivity index (χ3n) is 5.12. The lowest BCUT2D eigenvalue weighted by Gasteiger charge is -2.19. The average Bonchev–Trinajstić information content (AvgIpc) is 3.06. The Labute approximate surface area is 164 Å². The molecule has 1 aliphatic carbocycles. The molecule has 0 saturated carbocycles. The molecule has 0 fully saturated rings. The van der Waals surface area contributed by atoms with Crippen molar-refractivity contribution in [2.75, 3.05) is 6.61 Å². The van der Waals surface area contributed by atoms with Gasteiger partial charge in [0, 0.05) is 18.3 Å². The summed E-state index contributed by atoms with van der Waals surface area (Å²) in [5.74, 6) is 0.0504. The van der Waals surface area contributed by atoms with Crippen LogP contribution in [0.2, 0.25) is 0 Å². The standard InChI is InChI=1S/C24H22N2O2/c1-2-8-23(17-9-7-14-25-15-17)26-24(27)28-16-22-20-12-5-3-10-18(20)19-11-4-6-13-21(19)22/h2-7,9-15,22-23H,1,8,16H2,(H,26,27)/t23-/m1/s1. The number of nitrogens with one attached hydrogen (secondary N) is 1. The second-order valence-electron chi connectivity index (χ2n) is 6.83. The quantitative estimate of drug-likeness (QED) is 0.604. The van der Waals surface area contributed by atoms with E-state index >= 15 is 0 Å². The molecule has 0 radical (unpaired) electrons. The zero-order chi connectivity index (χ0) is 19.3. The number of ether oxygens (including phenoxy) is 1. The first kappa shape index (κ1) is 18.0. The van der Waals surface area contributed by atoms with Gasteiger partial charge >= 0.3 is 6.09 Å². The van der Waals surface area contributed by atoms with Crippen LogP contribution in [0, 0.1) is 0 Å². The number of carbonyl (C=O) groups is 1. The highest BCUT2D eigenvalue weighted by Crippen LogP contribution is 2.44. The van der Waals surface area contributed by atoms with Crippen molar-refractivity contribution in [1.82, 2.24) is 10.3 Å². The van der Waals surface area contributed by atoms with E-state index in [1.54, 1.807) is 18.5 Å². The lowest BCUT2D eigenvalue weighted by molar-refractivity contribution is 0.139. The highest BCUT2D eigenvalue weighted by molar-refractivity contribution is 5.79. The van der Waals surface area contributed by atoms with Crippen LogP contribution in [0.5, 0.6) is 0 Å². The summed E-state index contributed by atoms with van der Waals surface area (Å²) in [7, 11) is 0. The number of alkyl carbamates (subject to hydrolysis) is 1. The number of nitrogens with zero attached hydrogens (tertiary/aromatic N) is 1. The maximum absolute atomic E-state index is 12.5. The Hall–Kier alpha value is -3.40. The summed E-state index contributed by atoms with van der Waals surface area (Å²) in [4.78, 5) is 16.6. The Kier molecular flexibility index (Phi) is 5.20. The van der Waals surface area contributed by atoms with E-state index in [2.05, 4.69) is 41.1 Å². The lowest BCUT2D eigenvalue weighted by atomic mass is 9.98. The van der Waals surface area contributed by atoms with E-state index < -0.39 is 6.09 Å². The number of pyridine rings is 1. The molecule has 0 aliphatic heterocycles. The third-order valence-corrected chi connectivity index (χ3v) is 5.12. The molecule has 1 aromatic heterocycles. The largest absolute Gasteiger partial charge is 0.449 e. The molecule has 1 heterocycles. The molecular formula is C24H22N2O2. The van der Waals surface area contributed by atoms with E-state index in [4.69, 9.17) is 4.74 Å². The molecule has 1 amide bonds. The number of hydrogen-bond donors (Lipinski definition) is 1. The molecule has 4 heteroatoms. The van der Waals surface area contributed by atoms with E-state index in [9.17, 15) is 4.79 Å². The molecule has 0 saturated heterocycles. The minimum atomic E-state index is -0.433. The van der Waals surface area contributed by atoms with Crippen LogP contribution in [-0.4, -0.2) is 17.7 Å². The fraction of sp³-hybridized carbons (Fsp3) is 0.167. The van der Waals surface area contributed by atoms with Crippen LogP contribution >= 0.6 is 0 Å². The van der Waals surface area contributed by atoms with Gasteiger partial charge in [-0.2, -0.15) is 0 Å². The van der Waals surface area contributed by atoms with Crippen LogP contribution in [-0.2, 0) is 4.74 Å². The van der Waals surface area contributed by atoms with Crippen molar-refractivity contribution in [3.8, 4) is 11.1 Å². The van der Waals surface area contributed by atoms with Gasteiger partial charge in [0.25, 0.3) is 0 Å². The minimum Gasteiger partial charge on any atom is -0.449 e. The number of rotatable bonds is 6. The summed E-state index contributed by atoms with van der Waals surface area (Å²) in [6.07, 6.45) is 5.41. The molecule has 1 atom stereocenters. The Morgan fingerprint density at radius 1 is 1.07 bits per heavy atom. The highest BCUT2D eigenvalue weighted by Gasteiger charge is 2.29. The summed E-state index contributed by atoms with van der Waals surface area (Å²) in [6, 6.07) is 20.2. The number of amides is 1. The van der Waals surface area contributed by atoms with Crippen molar-refractivity contribution in [3.05, 3.63) is 102 Å². The third kappa shape index (κ3) is 3.54. The normalized spacial score (nSPS) is 13.3. The van der Waals surface area contributed by atoms with E-state index in [1.807, 2.05) is 36.4 Å². The molecule has 1 N–H and O–H groups in total. The molecule has 0 unspecified atom stereocenters. The lowest BCUT2D eigenvalue weighted by Crippen LogP contribution is -2.30. The maximum atomic E-state index is 12.5. The smallest absolute Gasteiger partial charge is 0.407 e. The topological polar surface area (TPSA) is 51.2 Å². The Morgan fingerprint density at radius 2 is 1.75 bits per heavy atom. The van der Waals surface area contributed by atoms with Crippen LogP contribution in [0.1, 0.15) is 35.1 Å². The van der Waals surface area contributed by atoms with Crippen molar-refractivity contribution < 1.29 is 9.53 Å². The predicted molar refractivity (Wildman–Crippen MR) is 110 cm³/mol. The fourth-order valence-corrected chi connectivity index (χ4v) is 3.81. The van der Waals surface area contributed by atoms with Crippen molar-refractivity contribution >= 4 is 6.09 Å². The number of carbonyl (C=O) groups excluding carboxylic acids is 1. The van der Waals surface area contributed by atoms with Crippen molar-refractivity contribution in [2.45, 2.75) is 18.4 Å². The predicted octanol–water partition coefficient (Wildman–Crippen LogP) is 5.24. The van der Waals surface area contributed by atoms with Crippen LogP contribution < -0.4 is 5.32 Å². The van der Waals surface area contributed by atoms with Gasteiger partial charge in [-0.25, -0.2) is 4.79 Å². The van der Waals surface area contributed by atoms with Gasteiger partial charge < -0.3 is 10.1 Å². The van der Waals surface area contributed by atoms with Gasteiger partial charge in [0.2, 0.25) is 0 Å². The van der Waals surface area contributed by atoms with Crippen molar-refractivity contribution in [3.63, 3.8) is 0 Å². The molecule has 28 heavy (non-hydrogen) atoms. The van der Waals surface area contributed by atoms with Gasteiger partial charge in [0.1, 0.15) is 6.61 Å².